The number of alkyl halides is 2. The summed E-state index contributed by atoms with van der Waals surface area (Å²) in [5, 5.41) is 11.2. The molecular weight excluding hydrogens is 212 g/mol. The van der Waals surface area contributed by atoms with Crippen LogP contribution in [-0.4, -0.2) is 20.0 Å². The molecule has 0 aliphatic rings. The predicted molar refractivity (Wildman–Crippen MR) is 46.8 cm³/mol. The number of rotatable bonds is 2. The van der Waals surface area contributed by atoms with Gasteiger partial charge in [0, 0.05) is 6.20 Å². The number of nitrogens with two attached hydrogens (primary N) is 1. The van der Waals surface area contributed by atoms with E-state index in [2.05, 4.69) is 15.3 Å². The molecule has 74 valence electrons. The average Bonchev–Trinajstić information content (AvgIpc) is 2.70. The highest BCUT2D eigenvalue weighted by molar-refractivity contribution is 7.18. The van der Waals surface area contributed by atoms with Crippen LogP contribution in [0.2, 0.25) is 0 Å². The summed E-state index contributed by atoms with van der Waals surface area (Å²) in [5.74, 6) is 0. The van der Waals surface area contributed by atoms with Crippen molar-refractivity contribution < 1.29 is 8.78 Å². The van der Waals surface area contributed by atoms with Crippen molar-refractivity contribution >= 4 is 16.5 Å². The maximum absolute atomic E-state index is 12.4. The number of anilines is 1. The van der Waals surface area contributed by atoms with E-state index >= 15 is 0 Å². The van der Waals surface area contributed by atoms with Crippen molar-refractivity contribution in [2.45, 2.75) is 6.55 Å². The molecular formula is C6H5F2N5S. The fourth-order valence-electron chi connectivity index (χ4n) is 0.977. The molecule has 5 nitrogen and oxygen atoms in total. The van der Waals surface area contributed by atoms with Crippen LogP contribution in [0.25, 0.3) is 10.7 Å². The van der Waals surface area contributed by atoms with Gasteiger partial charge in [-0.15, -0.1) is 10.2 Å². The van der Waals surface area contributed by atoms with Gasteiger partial charge in [-0.1, -0.05) is 11.3 Å². The molecule has 2 N–H and O–H groups in total. The maximum atomic E-state index is 12.4. The Kier molecular flexibility index (Phi) is 2.12. The second-order valence-corrected chi connectivity index (χ2v) is 3.39. The lowest BCUT2D eigenvalue weighted by atomic mass is 10.4. The second-order valence-electron chi connectivity index (χ2n) is 2.38. The molecule has 0 saturated heterocycles. The molecule has 0 aromatic carbocycles. The van der Waals surface area contributed by atoms with Crippen LogP contribution >= 0.6 is 11.3 Å². The standard InChI is InChI=1S/C6H5F2N5S/c7-5(8)13-3(1-2-10-13)4-11-12-6(9)14-4/h1-2,5H,(H2,9,12). The monoisotopic (exact) mass is 217 g/mol. The third kappa shape index (κ3) is 1.43. The van der Waals surface area contributed by atoms with E-state index in [1.165, 1.54) is 12.3 Å². The van der Waals surface area contributed by atoms with Gasteiger partial charge in [0.2, 0.25) is 5.13 Å². The Balaban J connectivity index is 2.46. The highest BCUT2D eigenvalue weighted by atomic mass is 32.1. The number of halogens is 2. The van der Waals surface area contributed by atoms with Gasteiger partial charge < -0.3 is 5.73 Å². The summed E-state index contributed by atoms with van der Waals surface area (Å²) in [6.45, 7) is -2.69. The van der Waals surface area contributed by atoms with Crippen molar-refractivity contribution in [1.82, 2.24) is 20.0 Å². The van der Waals surface area contributed by atoms with Gasteiger partial charge in [0.25, 0.3) is 0 Å². The molecule has 0 fully saturated rings. The minimum Gasteiger partial charge on any atom is -0.374 e. The Hall–Kier alpha value is -1.57. The largest absolute Gasteiger partial charge is 0.374 e. The highest BCUT2D eigenvalue weighted by Crippen LogP contribution is 2.26. The van der Waals surface area contributed by atoms with E-state index in [-0.39, 0.29) is 10.8 Å². The first-order valence-electron chi connectivity index (χ1n) is 3.59. The Morgan fingerprint density at radius 1 is 1.43 bits per heavy atom. The number of nitrogen functional groups attached to an aromatic ring is 1. The van der Waals surface area contributed by atoms with E-state index in [1.807, 2.05) is 0 Å². The fourth-order valence-corrected chi connectivity index (χ4v) is 1.60. The van der Waals surface area contributed by atoms with Crippen LogP contribution in [0.3, 0.4) is 0 Å². The van der Waals surface area contributed by atoms with Crippen molar-refractivity contribution in [2.24, 2.45) is 0 Å². The number of nitrogens with zero attached hydrogens (tertiary/aromatic N) is 4. The summed E-state index contributed by atoms with van der Waals surface area (Å²) in [6, 6.07) is 1.44. The van der Waals surface area contributed by atoms with E-state index in [0.717, 1.165) is 11.3 Å². The van der Waals surface area contributed by atoms with Gasteiger partial charge in [-0.2, -0.15) is 13.9 Å². The summed E-state index contributed by atoms with van der Waals surface area (Å²) in [5.41, 5.74) is 5.56. The van der Waals surface area contributed by atoms with Gasteiger partial charge in [0.05, 0.1) is 0 Å². The van der Waals surface area contributed by atoms with Crippen LogP contribution in [0.4, 0.5) is 13.9 Å². The van der Waals surface area contributed by atoms with Crippen molar-refractivity contribution in [3.63, 3.8) is 0 Å². The molecule has 0 saturated carbocycles. The van der Waals surface area contributed by atoms with E-state index < -0.39 is 6.55 Å². The van der Waals surface area contributed by atoms with E-state index in [9.17, 15) is 8.78 Å². The number of aromatic nitrogens is 4. The summed E-state index contributed by atoms with van der Waals surface area (Å²) in [7, 11) is 0. The van der Waals surface area contributed by atoms with Gasteiger partial charge in [-0.25, -0.2) is 4.68 Å². The van der Waals surface area contributed by atoms with Crippen molar-refractivity contribution in [2.75, 3.05) is 5.73 Å². The quantitative estimate of drug-likeness (QED) is 0.824. The van der Waals surface area contributed by atoms with Crippen LogP contribution in [0, 0.1) is 0 Å². The van der Waals surface area contributed by atoms with Crippen LogP contribution in [0.15, 0.2) is 12.3 Å². The molecule has 2 heterocycles. The lowest BCUT2D eigenvalue weighted by molar-refractivity contribution is 0.0585. The Morgan fingerprint density at radius 2 is 2.21 bits per heavy atom. The molecule has 0 spiro atoms. The summed E-state index contributed by atoms with van der Waals surface area (Å²) >= 11 is 1.04. The van der Waals surface area contributed by atoms with Crippen LogP contribution in [0.1, 0.15) is 6.55 Å². The smallest absolute Gasteiger partial charge is 0.333 e. The Labute approximate surface area is 81.2 Å². The second kappa shape index (κ2) is 3.29. The van der Waals surface area contributed by atoms with Gasteiger partial charge in [0.15, 0.2) is 5.01 Å². The lowest BCUT2D eigenvalue weighted by Crippen LogP contribution is -2.01. The Morgan fingerprint density at radius 3 is 2.79 bits per heavy atom. The molecule has 2 rings (SSSR count). The van der Waals surface area contributed by atoms with Gasteiger partial charge in [-0.3, -0.25) is 0 Å². The molecule has 0 amide bonds. The molecule has 2 aromatic rings. The van der Waals surface area contributed by atoms with Crippen molar-refractivity contribution in [1.29, 1.82) is 0 Å². The third-order valence-electron chi connectivity index (χ3n) is 1.51. The molecule has 0 aliphatic heterocycles. The zero-order chi connectivity index (χ0) is 10.1. The van der Waals surface area contributed by atoms with Crippen LogP contribution in [0.5, 0.6) is 0 Å². The topological polar surface area (TPSA) is 69.6 Å². The minimum atomic E-state index is -2.69. The molecule has 0 bridgehead atoms. The van der Waals surface area contributed by atoms with E-state index in [1.54, 1.807) is 0 Å². The summed E-state index contributed by atoms with van der Waals surface area (Å²) in [4.78, 5) is 0. The van der Waals surface area contributed by atoms with E-state index in [4.69, 9.17) is 5.73 Å². The molecule has 14 heavy (non-hydrogen) atoms. The maximum Gasteiger partial charge on any atom is 0.333 e. The van der Waals surface area contributed by atoms with Crippen molar-refractivity contribution in [3.8, 4) is 10.7 Å². The molecule has 0 radical (unpaired) electrons. The highest BCUT2D eigenvalue weighted by Gasteiger charge is 2.15. The predicted octanol–water partition coefficient (Wildman–Crippen LogP) is 1.38. The van der Waals surface area contributed by atoms with Crippen molar-refractivity contribution in [3.05, 3.63) is 12.3 Å². The summed E-state index contributed by atoms with van der Waals surface area (Å²) < 4.78 is 25.3. The Bertz CT molecular complexity index is 437. The lowest BCUT2D eigenvalue weighted by Gasteiger charge is -2.01. The molecule has 8 heteroatoms. The fraction of sp³-hybridized carbons (Fsp3) is 0.167. The molecule has 0 atom stereocenters. The minimum absolute atomic E-state index is 0.217. The van der Waals surface area contributed by atoms with Crippen LogP contribution in [-0.2, 0) is 0 Å². The normalized spacial score (nSPS) is 11.1. The number of hydrogen-bond donors (Lipinski definition) is 1. The summed E-state index contributed by atoms with van der Waals surface area (Å²) in [6.07, 6.45) is 1.28. The molecule has 0 aliphatic carbocycles. The SMILES string of the molecule is Nc1nnc(-c2ccnn2C(F)F)s1. The molecule has 0 unspecified atom stereocenters. The zero-order valence-corrected chi connectivity index (χ0v) is 7.58. The van der Waals surface area contributed by atoms with Crippen LogP contribution < -0.4 is 5.73 Å². The first-order valence-corrected chi connectivity index (χ1v) is 4.41. The van der Waals surface area contributed by atoms with Gasteiger partial charge >= 0.3 is 6.55 Å². The third-order valence-corrected chi connectivity index (χ3v) is 2.29. The van der Waals surface area contributed by atoms with Gasteiger partial charge in [-0.05, 0) is 6.07 Å². The molecule has 2 aromatic heterocycles. The average molecular weight is 217 g/mol. The first-order chi connectivity index (χ1) is 6.68. The number of hydrogen-bond acceptors (Lipinski definition) is 5. The zero-order valence-electron chi connectivity index (χ0n) is 6.76. The van der Waals surface area contributed by atoms with E-state index in [0.29, 0.717) is 9.69 Å². The first kappa shape index (κ1) is 9.00. The van der Waals surface area contributed by atoms with Gasteiger partial charge in [0.1, 0.15) is 5.69 Å².